The van der Waals surface area contributed by atoms with Gasteiger partial charge < -0.3 is 15.4 Å². The molecule has 5 heteroatoms. The smallest absolute Gasteiger partial charge is 0.237 e. The molecule has 1 aromatic carbocycles. The second kappa shape index (κ2) is 9.64. The average molecular weight is 287 g/mol. The standard InChI is InChI=1S/C14H22N2O2.ClH/c1-4-9-15-11(2)14(17)16-10-12-7-5-6-8-13(12)18-3;/h5-8,11,15H,4,9-10H2,1-3H3,(H,16,17);1H. The zero-order chi connectivity index (χ0) is 13.4. The summed E-state index contributed by atoms with van der Waals surface area (Å²) in [7, 11) is 1.63. The molecule has 0 aliphatic carbocycles. The highest BCUT2D eigenvalue weighted by atomic mass is 35.5. The molecule has 0 radical (unpaired) electrons. The first kappa shape index (κ1) is 17.7. The number of methoxy groups -OCH3 is 1. The van der Waals surface area contributed by atoms with Crippen molar-refractivity contribution in [1.82, 2.24) is 10.6 Å². The topological polar surface area (TPSA) is 50.4 Å². The van der Waals surface area contributed by atoms with Gasteiger partial charge in [0.25, 0.3) is 0 Å². The van der Waals surface area contributed by atoms with Crippen molar-refractivity contribution in [2.75, 3.05) is 13.7 Å². The van der Waals surface area contributed by atoms with Gasteiger partial charge in [0, 0.05) is 12.1 Å². The van der Waals surface area contributed by atoms with Crippen molar-refractivity contribution >= 4 is 18.3 Å². The largest absolute Gasteiger partial charge is 0.496 e. The molecule has 1 amide bonds. The van der Waals surface area contributed by atoms with Crippen LogP contribution >= 0.6 is 12.4 Å². The van der Waals surface area contributed by atoms with Crippen LogP contribution in [0.15, 0.2) is 24.3 Å². The third-order valence-electron chi connectivity index (χ3n) is 2.74. The van der Waals surface area contributed by atoms with E-state index < -0.39 is 0 Å². The van der Waals surface area contributed by atoms with Gasteiger partial charge in [-0.05, 0) is 26.0 Å². The van der Waals surface area contributed by atoms with Gasteiger partial charge in [-0.2, -0.15) is 0 Å². The first-order valence-corrected chi connectivity index (χ1v) is 6.32. The summed E-state index contributed by atoms with van der Waals surface area (Å²) in [5.41, 5.74) is 0.982. The van der Waals surface area contributed by atoms with Gasteiger partial charge in [0.1, 0.15) is 5.75 Å². The Morgan fingerprint density at radius 3 is 2.68 bits per heavy atom. The molecule has 1 unspecified atom stereocenters. The average Bonchev–Trinajstić information content (AvgIpc) is 2.42. The summed E-state index contributed by atoms with van der Waals surface area (Å²) in [6.45, 7) is 5.28. The summed E-state index contributed by atoms with van der Waals surface area (Å²) in [5, 5.41) is 6.05. The number of rotatable bonds is 7. The lowest BCUT2D eigenvalue weighted by Crippen LogP contribution is -2.42. The van der Waals surface area contributed by atoms with E-state index in [4.69, 9.17) is 4.74 Å². The summed E-state index contributed by atoms with van der Waals surface area (Å²) < 4.78 is 5.24. The summed E-state index contributed by atoms with van der Waals surface area (Å²) in [6.07, 6.45) is 1.02. The zero-order valence-corrected chi connectivity index (χ0v) is 12.5. The molecule has 1 atom stereocenters. The van der Waals surface area contributed by atoms with Crippen LogP contribution in [-0.2, 0) is 11.3 Å². The second-order valence-corrected chi connectivity index (χ2v) is 4.21. The van der Waals surface area contributed by atoms with E-state index in [-0.39, 0.29) is 24.4 Å². The van der Waals surface area contributed by atoms with Gasteiger partial charge in [0.05, 0.1) is 13.2 Å². The Morgan fingerprint density at radius 1 is 1.37 bits per heavy atom. The lowest BCUT2D eigenvalue weighted by atomic mass is 10.2. The molecule has 0 saturated carbocycles. The summed E-state index contributed by atoms with van der Waals surface area (Å²) in [5.74, 6) is 0.807. The minimum atomic E-state index is -0.167. The van der Waals surface area contributed by atoms with Crippen molar-refractivity contribution in [2.45, 2.75) is 32.9 Å². The molecule has 0 spiro atoms. The molecule has 4 nitrogen and oxygen atoms in total. The summed E-state index contributed by atoms with van der Waals surface area (Å²) in [4.78, 5) is 11.8. The van der Waals surface area contributed by atoms with Crippen molar-refractivity contribution in [1.29, 1.82) is 0 Å². The van der Waals surface area contributed by atoms with E-state index in [0.29, 0.717) is 6.54 Å². The fourth-order valence-corrected chi connectivity index (χ4v) is 1.64. The monoisotopic (exact) mass is 286 g/mol. The van der Waals surface area contributed by atoms with Gasteiger partial charge in [-0.25, -0.2) is 0 Å². The highest BCUT2D eigenvalue weighted by molar-refractivity contribution is 5.85. The number of nitrogens with one attached hydrogen (secondary N) is 2. The number of hydrogen-bond acceptors (Lipinski definition) is 3. The fraction of sp³-hybridized carbons (Fsp3) is 0.500. The molecule has 0 aliphatic rings. The van der Waals surface area contributed by atoms with Gasteiger partial charge in [-0.15, -0.1) is 12.4 Å². The summed E-state index contributed by atoms with van der Waals surface area (Å²) in [6, 6.07) is 7.52. The fourth-order valence-electron chi connectivity index (χ4n) is 1.64. The number of carbonyl (C=O) groups is 1. The predicted octanol–water partition coefficient (Wildman–Crippen LogP) is 2.12. The lowest BCUT2D eigenvalue weighted by Gasteiger charge is -2.14. The number of ether oxygens (including phenoxy) is 1. The van der Waals surface area contributed by atoms with Crippen LogP contribution in [0.3, 0.4) is 0 Å². The molecule has 1 rings (SSSR count). The maximum absolute atomic E-state index is 11.8. The van der Waals surface area contributed by atoms with Gasteiger partial charge >= 0.3 is 0 Å². The van der Waals surface area contributed by atoms with Crippen LogP contribution in [0.4, 0.5) is 0 Å². The zero-order valence-electron chi connectivity index (χ0n) is 11.7. The molecule has 0 saturated heterocycles. The molecule has 108 valence electrons. The normalized spacial score (nSPS) is 11.3. The molecule has 0 bridgehead atoms. The van der Waals surface area contributed by atoms with E-state index in [1.54, 1.807) is 7.11 Å². The Hall–Kier alpha value is -1.26. The Kier molecular flexibility index (Phi) is 9.00. The minimum absolute atomic E-state index is 0. The Balaban J connectivity index is 0.00000324. The van der Waals surface area contributed by atoms with Crippen LogP contribution in [0.1, 0.15) is 25.8 Å². The number of amides is 1. The second-order valence-electron chi connectivity index (χ2n) is 4.21. The molecule has 2 N–H and O–H groups in total. The predicted molar refractivity (Wildman–Crippen MR) is 79.8 cm³/mol. The highest BCUT2D eigenvalue weighted by Crippen LogP contribution is 2.16. The van der Waals surface area contributed by atoms with Crippen molar-refractivity contribution in [2.24, 2.45) is 0 Å². The minimum Gasteiger partial charge on any atom is -0.496 e. The molecule has 0 fully saturated rings. The molecule has 0 aliphatic heterocycles. The third-order valence-corrected chi connectivity index (χ3v) is 2.74. The van der Waals surface area contributed by atoms with Crippen molar-refractivity contribution < 1.29 is 9.53 Å². The number of para-hydroxylation sites is 1. The molecule has 0 heterocycles. The van der Waals surface area contributed by atoms with Gasteiger partial charge in [-0.3, -0.25) is 4.79 Å². The van der Waals surface area contributed by atoms with Crippen molar-refractivity contribution in [3.05, 3.63) is 29.8 Å². The van der Waals surface area contributed by atoms with Crippen molar-refractivity contribution in [3.63, 3.8) is 0 Å². The summed E-state index contributed by atoms with van der Waals surface area (Å²) >= 11 is 0. The Bertz CT molecular complexity index is 385. The van der Waals surface area contributed by atoms with E-state index in [1.807, 2.05) is 31.2 Å². The van der Waals surface area contributed by atoms with E-state index in [1.165, 1.54) is 0 Å². The van der Waals surface area contributed by atoms with Gasteiger partial charge in [-0.1, -0.05) is 25.1 Å². The lowest BCUT2D eigenvalue weighted by molar-refractivity contribution is -0.122. The van der Waals surface area contributed by atoms with E-state index in [0.717, 1.165) is 24.3 Å². The first-order valence-electron chi connectivity index (χ1n) is 6.32. The van der Waals surface area contributed by atoms with E-state index in [2.05, 4.69) is 17.6 Å². The molecular formula is C14H23ClN2O2. The first-order chi connectivity index (χ1) is 8.69. The molecule has 0 aromatic heterocycles. The number of halogens is 1. The van der Waals surface area contributed by atoms with Crippen LogP contribution in [0, 0.1) is 0 Å². The molecule has 1 aromatic rings. The third kappa shape index (κ3) is 5.94. The number of hydrogen-bond donors (Lipinski definition) is 2. The molecule has 19 heavy (non-hydrogen) atoms. The SMILES string of the molecule is CCCNC(C)C(=O)NCc1ccccc1OC.Cl. The Labute approximate surface area is 121 Å². The van der Waals surface area contributed by atoms with E-state index >= 15 is 0 Å². The van der Waals surface area contributed by atoms with E-state index in [9.17, 15) is 4.79 Å². The number of carbonyl (C=O) groups excluding carboxylic acids is 1. The van der Waals surface area contributed by atoms with Gasteiger partial charge in [0.15, 0.2) is 0 Å². The van der Waals surface area contributed by atoms with Crippen LogP contribution in [0.2, 0.25) is 0 Å². The van der Waals surface area contributed by atoms with Crippen LogP contribution in [0.25, 0.3) is 0 Å². The maximum Gasteiger partial charge on any atom is 0.237 e. The van der Waals surface area contributed by atoms with Crippen LogP contribution in [0.5, 0.6) is 5.75 Å². The highest BCUT2D eigenvalue weighted by Gasteiger charge is 2.11. The van der Waals surface area contributed by atoms with Crippen molar-refractivity contribution in [3.8, 4) is 5.75 Å². The van der Waals surface area contributed by atoms with Gasteiger partial charge in [0.2, 0.25) is 5.91 Å². The maximum atomic E-state index is 11.8. The quantitative estimate of drug-likeness (QED) is 0.807. The van der Waals surface area contributed by atoms with Crippen LogP contribution in [-0.4, -0.2) is 25.6 Å². The van der Waals surface area contributed by atoms with Crippen LogP contribution < -0.4 is 15.4 Å². The molecular weight excluding hydrogens is 264 g/mol. The number of benzene rings is 1. The Morgan fingerprint density at radius 2 is 2.05 bits per heavy atom.